The smallest absolute Gasteiger partial charge is 0.181 e. The Morgan fingerprint density at radius 1 is 1.14 bits per heavy atom. The first-order valence-corrected chi connectivity index (χ1v) is 12.0. The number of rotatable bonds is 6. The number of sulfone groups is 1. The van der Waals surface area contributed by atoms with Crippen LogP contribution in [0, 0.1) is 5.41 Å². The molecule has 1 aliphatic rings. The van der Waals surface area contributed by atoms with Gasteiger partial charge < -0.3 is 14.9 Å². The molecule has 0 fully saturated rings. The molecule has 0 radical (unpaired) electrons. The minimum absolute atomic E-state index is 0.0112. The molecular formula is C23H32N2O3S. The molecule has 0 saturated carbocycles. The van der Waals surface area contributed by atoms with Crippen LogP contribution in [0.2, 0.25) is 0 Å². The van der Waals surface area contributed by atoms with E-state index < -0.39 is 9.84 Å². The molecule has 1 unspecified atom stereocenters. The molecular weight excluding hydrogens is 384 g/mol. The van der Waals surface area contributed by atoms with Gasteiger partial charge in [0.2, 0.25) is 0 Å². The van der Waals surface area contributed by atoms with Gasteiger partial charge in [0.1, 0.15) is 5.75 Å². The van der Waals surface area contributed by atoms with Crippen molar-refractivity contribution in [1.29, 1.82) is 0 Å². The van der Waals surface area contributed by atoms with Crippen LogP contribution in [0.15, 0.2) is 47.4 Å². The van der Waals surface area contributed by atoms with Crippen LogP contribution in [0.4, 0.5) is 17.1 Å². The van der Waals surface area contributed by atoms with E-state index in [1.807, 2.05) is 44.4 Å². The fourth-order valence-electron chi connectivity index (χ4n) is 4.24. The number of aromatic hydroxyl groups is 1. The van der Waals surface area contributed by atoms with E-state index in [1.165, 1.54) is 6.07 Å². The van der Waals surface area contributed by atoms with Gasteiger partial charge in [-0.1, -0.05) is 44.9 Å². The summed E-state index contributed by atoms with van der Waals surface area (Å²) in [5.41, 5.74) is 1.88. The van der Waals surface area contributed by atoms with Crippen LogP contribution < -0.4 is 9.80 Å². The summed E-state index contributed by atoms with van der Waals surface area (Å²) in [7, 11) is 0.134. The standard InChI is InChI=1S/C23H32N2O3S/c1-5-7-13-23(6-2)16-25(18-11-9-8-10-12-18)20-14-19(24(3)4)21(26)15-22(20)29(27,28)17-23/h8-12,14-15,26H,5-7,13,16-17H2,1-4H3. The third kappa shape index (κ3) is 4.22. The molecule has 0 bridgehead atoms. The van der Waals surface area contributed by atoms with Crippen LogP contribution in [0.1, 0.15) is 39.5 Å². The normalized spacial score (nSPS) is 20.8. The van der Waals surface area contributed by atoms with Crippen molar-refractivity contribution >= 4 is 26.9 Å². The molecule has 29 heavy (non-hydrogen) atoms. The van der Waals surface area contributed by atoms with Gasteiger partial charge in [0.25, 0.3) is 0 Å². The number of hydrogen-bond donors (Lipinski definition) is 1. The minimum atomic E-state index is -3.55. The van der Waals surface area contributed by atoms with E-state index in [1.54, 1.807) is 11.0 Å². The van der Waals surface area contributed by atoms with Gasteiger partial charge in [0.15, 0.2) is 9.84 Å². The number of anilines is 3. The zero-order valence-electron chi connectivity index (χ0n) is 17.9. The molecule has 0 amide bonds. The van der Waals surface area contributed by atoms with Gasteiger partial charge in [-0.05, 0) is 31.0 Å². The monoisotopic (exact) mass is 416 g/mol. The highest BCUT2D eigenvalue weighted by Gasteiger charge is 2.41. The highest BCUT2D eigenvalue weighted by atomic mass is 32.2. The first-order valence-electron chi connectivity index (χ1n) is 10.3. The van der Waals surface area contributed by atoms with Crippen LogP contribution in [-0.4, -0.2) is 39.9 Å². The van der Waals surface area contributed by atoms with Crippen molar-refractivity contribution in [3.05, 3.63) is 42.5 Å². The number of fused-ring (bicyclic) bond motifs is 1. The summed E-state index contributed by atoms with van der Waals surface area (Å²) in [6, 6.07) is 13.2. The quantitative estimate of drug-likeness (QED) is 0.720. The molecule has 2 aromatic rings. The van der Waals surface area contributed by atoms with Crippen molar-refractivity contribution in [2.45, 2.75) is 44.4 Å². The summed E-state index contributed by atoms with van der Waals surface area (Å²) in [5, 5.41) is 10.5. The zero-order chi connectivity index (χ0) is 21.2. The Kier molecular flexibility index (Phi) is 6.13. The van der Waals surface area contributed by atoms with Crippen LogP contribution in [-0.2, 0) is 9.84 Å². The van der Waals surface area contributed by atoms with Crippen molar-refractivity contribution in [3.8, 4) is 5.75 Å². The topological polar surface area (TPSA) is 60.9 Å². The van der Waals surface area contributed by atoms with Gasteiger partial charge in [-0.25, -0.2) is 8.42 Å². The van der Waals surface area contributed by atoms with E-state index in [4.69, 9.17) is 0 Å². The predicted molar refractivity (Wildman–Crippen MR) is 120 cm³/mol. The summed E-state index contributed by atoms with van der Waals surface area (Å²) in [6.45, 7) is 4.87. The third-order valence-electron chi connectivity index (χ3n) is 6.03. The molecule has 158 valence electrons. The highest BCUT2D eigenvalue weighted by molar-refractivity contribution is 7.91. The van der Waals surface area contributed by atoms with Gasteiger partial charge in [0, 0.05) is 37.8 Å². The van der Waals surface area contributed by atoms with Crippen LogP contribution in [0.25, 0.3) is 0 Å². The molecule has 3 rings (SSSR count). The Morgan fingerprint density at radius 3 is 2.41 bits per heavy atom. The SMILES string of the molecule is CCCCC1(CC)CN(c2ccccc2)c2cc(N(C)C)c(O)cc2S(=O)(=O)C1. The second-order valence-corrected chi connectivity index (χ2v) is 10.3. The maximum absolute atomic E-state index is 13.5. The Hall–Kier alpha value is -2.21. The first kappa shape index (κ1) is 21.5. The highest BCUT2D eigenvalue weighted by Crippen LogP contribution is 2.47. The second kappa shape index (κ2) is 8.27. The molecule has 2 aromatic carbocycles. The predicted octanol–water partition coefficient (Wildman–Crippen LogP) is 4.97. The summed E-state index contributed by atoms with van der Waals surface area (Å²) in [5.74, 6) is 0.0935. The van der Waals surface area contributed by atoms with Crippen molar-refractivity contribution in [3.63, 3.8) is 0 Å². The van der Waals surface area contributed by atoms with Crippen LogP contribution >= 0.6 is 0 Å². The van der Waals surface area contributed by atoms with Gasteiger partial charge in [-0.2, -0.15) is 0 Å². The lowest BCUT2D eigenvalue weighted by atomic mass is 9.81. The van der Waals surface area contributed by atoms with Crippen molar-refractivity contribution in [2.75, 3.05) is 36.2 Å². The van der Waals surface area contributed by atoms with E-state index >= 15 is 0 Å². The lowest BCUT2D eigenvalue weighted by Crippen LogP contribution is -2.37. The summed E-state index contributed by atoms with van der Waals surface area (Å²) in [4.78, 5) is 4.16. The fourth-order valence-corrected chi connectivity index (χ4v) is 6.42. The van der Waals surface area contributed by atoms with Crippen LogP contribution in [0.3, 0.4) is 0 Å². The fraction of sp³-hybridized carbons (Fsp3) is 0.478. The molecule has 1 N–H and O–H groups in total. The average molecular weight is 417 g/mol. The molecule has 1 heterocycles. The summed E-state index contributed by atoms with van der Waals surface area (Å²) >= 11 is 0. The number of nitrogens with zero attached hydrogens (tertiary/aromatic N) is 2. The van der Waals surface area contributed by atoms with Crippen molar-refractivity contribution < 1.29 is 13.5 Å². The number of hydrogen-bond acceptors (Lipinski definition) is 5. The largest absolute Gasteiger partial charge is 0.506 e. The Bertz CT molecular complexity index is 958. The Labute approximate surface area is 174 Å². The zero-order valence-corrected chi connectivity index (χ0v) is 18.7. The lowest BCUT2D eigenvalue weighted by Gasteiger charge is -2.36. The average Bonchev–Trinajstić information content (AvgIpc) is 2.79. The molecule has 6 heteroatoms. The lowest BCUT2D eigenvalue weighted by molar-refractivity contribution is 0.290. The van der Waals surface area contributed by atoms with Gasteiger partial charge in [0.05, 0.1) is 22.0 Å². The van der Waals surface area contributed by atoms with Crippen molar-refractivity contribution in [1.82, 2.24) is 0 Å². The molecule has 5 nitrogen and oxygen atoms in total. The van der Waals surface area contributed by atoms with E-state index in [2.05, 4.69) is 18.7 Å². The first-order chi connectivity index (χ1) is 13.7. The summed E-state index contributed by atoms with van der Waals surface area (Å²) in [6.07, 6.45) is 3.68. The van der Waals surface area contributed by atoms with E-state index in [-0.39, 0.29) is 21.8 Å². The third-order valence-corrected chi connectivity index (χ3v) is 8.02. The Balaban J connectivity index is 2.27. The van der Waals surface area contributed by atoms with Gasteiger partial charge >= 0.3 is 0 Å². The molecule has 1 aliphatic heterocycles. The molecule has 0 spiro atoms. The van der Waals surface area contributed by atoms with Crippen molar-refractivity contribution in [2.24, 2.45) is 5.41 Å². The second-order valence-electron chi connectivity index (χ2n) is 8.34. The number of phenols is 1. The number of benzene rings is 2. The number of unbranched alkanes of at least 4 members (excludes halogenated alkanes) is 1. The van der Waals surface area contributed by atoms with E-state index in [0.717, 1.165) is 31.4 Å². The van der Waals surface area contributed by atoms with Gasteiger partial charge in [-0.3, -0.25) is 0 Å². The number of phenolic OH excluding ortho intramolecular Hbond substituents is 1. The molecule has 0 saturated heterocycles. The maximum atomic E-state index is 13.5. The number of para-hydroxylation sites is 1. The van der Waals surface area contributed by atoms with Crippen LogP contribution in [0.5, 0.6) is 5.75 Å². The molecule has 0 aromatic heterocycles. The summed E-state index contributed by atoms with van der Waals surface area (Å²) < 4.78 is 27.0. The minimum Gasteiger partial charge on any atom is -0.506 e. The molecule has 1 atom stereocenters. The maximum Gasteiger partial charge on any atom is 0.181 e. The Morgan fingerprint density at radius 2 is 1.83 bits per heavy atom. The van der Waals surface area contributed by atoms with E-state index in [9.17, 15) is 13.5 Å². The van der Waals surface area contributed by atoms with E-state index in [0.29, 0.717) is 17.9 Å². The molecule has 0 aliphatic carbocycles. The van der Waals surface area contributed by atoms with Gasteiger partial charge in [-0.15, -0.1) is 0 Å².